The normalized spacial score (nSPS) is 13.6. The third kappa shape index (κ3) is 4.61. The highest BCUT2D eigenvalue weighted by Gasteiger charge is 2.07. The number of phenols is 1. The van der Waals surface area contributed by atoms with E-state index in [2.05, 4.69) is 5.32 Å². The maximum absolute atomic E-state index is 10.7. The molecule has 0 fully saturated rings. The Balaban J connectivity index is 2.50. The van der Waals surface area contributed by atoms with Crippen LogP contribution in [0.2, 0.25) is 0 Å². The van der Waals surface area contributed by atoms with Crippen LogP contribution in [0.3, 0.4) is 0 Å². The van der Waals surface area contributed by atoms with Gasteiger partial charge in [-0.1, -0.05) is 12.1 Å². The Morgan fingerprint density at radius 1 is 1.50 bits per heavy atom. The molecule has 0 aliphatic heterocycles. The highest BCUT2D eigenvalue weighted by molar-refractivity contribution is 7.89. The predicted molar refractivity (Wildman–Crippen MR) is 62.5 cm³/mol. The number of rotatable bonds is 5. The highest BCUT2D eigenvalue weighted by atomic mass is 32.2. The summed E-state index contributed by atoms with van der Waals surface area (Å²) in [5, 5.41) is 17.2. The Labute approximate surface area is 95.3 Å². The lowest BCUT2D eigenvalue weighted by molar-refractivity contribution is 0.472. The van der Waals surface area contributed by atoms with Gasteiger partial charge in [-0.3, -0.25) is 0 Å². The number of sulfonamides is 1. The van der Waals surface area contributed by atoms with Crippen LogP contribution in [0.4, 0.5) is 0 Å². The topological polar surface area (TPSA) is 92.4 Å². The average Bonchev–Trinajstić information content (AvgIpc) is 2.15. The van der Waals surface area contributed by atoms with Crippen molar-refractivity contribution in [3.05, 3.63) is 29.8 Å². The first-order chi connectivity index (χ1) is 7.38. The Hall–Kier alpha value is -1.11. The van der Waals surface area contributed by atoms with Crippen molar-refractivity contribution in [1.82, 2.24) is 5.32 Å². The van der Waals surface area contributed by atoms with Crippen molar-refractivity contribution in [1.29, 1.82) is 0 Å². The van der Waals surface area contributed by atoms with Crippen molar-refractivity contribution in [2.75, 3.05) is 12.3 Å². The number of hydrogen-bond donors (Lipinski definition) is 3. The van der Waals surface area contributed by atoms with E-state index in [1.807, 2.05) is 13.0 Å². The van der Waals surface area contributed by atoms with Crippen molar-refractivity contribution in [2.24, 2.45) is 5.14 Å². The van der Waals surface area contributed by atoms with Crippen LogP contribution in [0, 0.1) is 0 Å². The summed E-state index contributed by atoms with van der Waals surface area (Å²) in [5.74, 6) is 0.0912. The molecule has 1 atom stereocenters. The maximum atomic E-state index is 10.7. The summed E-state index contributed by atoms with van der Waals surface area (Å²) in [7, 11) is -3.42. The predicted octanol–water partition coefficient (Wildman–Crippen LogP) is 0.331. The molecule has 5 nitrogen and oxygen atoms in total. The molecule has 0 aromatic heterocycles. The Morgan fingerprint density at radius 2 is 2.19 bits per heavy atom. The van der Waals surface area contributed by atoms with Gasteiger partial charge in [0.05, 0.1) is 5.75 Å². The number of primary sulfonamides is 1. The SMILES string of the molecule is CC(NCCS(N)(=O)=O)c1cccc(O)c1. The van der Waals surface area contributed by atoms with Crippen molar-refractivity contribution in [3.63, 3.8) is 0 Å². The Kier molecular flexibility index (Phi) is 4.28. The van der Waals surface area contributed by atoms with Crippen LogP contribution >= 0.6 is 0 Å². The first kappa shape index (κ1) is 13.0. The third-order valence-corrected chi connectivity index (χ3v) is 2.98. The zero-order chi connectivity index (χ0) is 12.2. The summed E-state index contributed by atoms with van der Waals surface area (Å²) in [4.78, 5) is 0. The molecular weight excluding hydrogens is 228 g/mol. The first-order valence-corrected chi connectivity index (χ1v) is 6.63. The van der Waals surface area contributed by atoms with Crippen molar-refractivity contribution < 1.29 is 13.5 Å². The van der Waals surface area contributed by atoms with Crippen LogP contribution in [0.1, 0.15) is 18.5 Å². The Bertz CT molecular complexity index is 445. The zero-order valence-corrected chi connectivity index (χ0v) is 9.87. The van der Waals surface area contributed by atoms with E-state index in [1.54, 1.807) is 18.2 Å². The summed E-state index contributed by atoms with van der Waals surface area (Å²) >= 11 is 0. The number of phenolic OH excluding ortho intramolecular Hbond substituents is 1. The van der Waals surface area contributed by atoms with Gasteiger partial charge in [-0.25, -0.2) is 13.6 Å². The van der Waals surface area contributed by atoms with Gasteiger partial charge >= 0.3 is 0 Å². The monoisotopic (exact) mass is 244 g/mol. The standard InChI is InChI=1S/C10H16N2O3S/c1-8(12-5-6-16(11,14)15)9-3-2-4-10(13)7-9/h2-4,7-8,12-13H,5-6H2,1H3,(H2,11,14,15). The van der Waals surface area contributed by atoms with E-state index in [1.165, 1.54) is 0 Å². The van der Waals surface area contributed by atoms with Gasteiger partial charge in [0.15, 0.2) is 0 Å². The number of aromatic hydroxyl groups is 1. The van der Waals surface area contributed by atoms with Gasteiger partial charge in [0, 0.05) is 12.6 Å². The molecule has 16 heavy (non-hydrogen) atoms. The molecule has 0 aliphatic carbocycles. The molecule has 0 saturated carbocycles. The molecule has 0 bridgehead atoms. The molecule has 0 spiro atoms. The molecule has 0 heterocycles. The summed E-state index contributed by atoms with van der Waals surface area (Å²) < 4.78 is 21.4. The van der Waals surface area contributed by atoms with Gasteiger partial charge in [-0.15, -0.1) is 0 Å². The van der Waals surface area contributed by atoms with Crippen molar-refractivity contribution in [2.45, 2.75) is 13.0 Å². The molecule has 0 saturated heterocycles. The second-order valence-corrected chi connectivity index (χ2v) is 5.37. The minimum absolute atomic E-state index is 0.0335. The smallest absolute Gasteiger partial charge is 0.210 e. The summed E-state index contributed by atoms with van der Waals surface area (Å²) in [6.07, 6.45) is 0. The van der Waals surface area contributed by atoms with E-state index >= 15 is 0 Å². The molecule has 1 aromatic rings. The van der Waals surface area contributed by atoms with Crippen LogP contribution < -0.4 is 10.5 Å². The fourth-order valence-corrected chi connectivity index (χ4v) is 1.73. The number of nitrogens with one attached hydrogen (secondary N) is 1. The summed E-state index contributed by atoms with van der Waals surface area (Å²) in [5.41, 5.74) is 0.898. The zero-order valence-electron chi connectivity index (χ0n) is 9.05. The molecule has 1 unspecified atom stereocenters. The molecule has 0 aliphatic rings. The van der Waals surface area contributed by atoms with Crippen molar-refractivity contribution in [3.8, 4) is 5.75 Å². The summed E-state index contributed by atoms with van der Waals surface area (Å²) in [6, 6.07) is 6.78. The van der Waals surface area contributed by atoms with Gasteiger partial charge in [-0.05, 0) is 24.6 Å². The fraction of sp³-hybridized carbons (Fsp3) is 0.400. The lowest BCUT2D eigenvalue weighted by Gasteiger charge is -2.13. The Morgan fingerprint density at radius 3 is 2.75 bits per heavy atom. The average molecular weight is 244 g/mol. The molecule has 4 N–H and O–H groups in total. The van der Waals surface area contributed by atoms with E-state index in [0.29, 0.717) is 0 Å². The van der Waals surface area contributed by atoms with Crippen LogP contribution in [0.5, 0.6) is 5.75 Å². The van der Waals surface area contributed by atoms with E-state index in [0.717, 1.165) is 5.56 Å². The van der Waals surface area contributed by atoms with Crippen LogP contribution in [-0.2, 0) is 10.0 Å². The van der Waals surface area contributed by atoms with Gasteiger partial charge < -0.3 is 10.4 Å². The lowest BCUT2D eigenvalue weighted by atomic mass is 10.1. The summed E-state index contributed by atoms with van der Waals surface area (Å²) in [6.45, 7) is 2.17. The molecule has 0 amide bonds. The molecule has 90 valence electrons. The van der Waals surface area contributed by atoms with Gasteiger partial charge in [-0.2, -0.15) is 0 Å². The second-order valence-electron chi connectivity index (χ2n) is 3.64. The van der Waals surface area contributed by atoms with Gasteiger partial charge in [0.25, 0.3) is 0 Å². The first-order valence-electron chi connectivity index (χ1n) is 4.91. The largest absolute Gasteiger partial charge is 0.508 e. The van der Waals surface area contributed by atoms with Crippen LogP contribution in [-0.4, -0.2) is 25.8 Å². The lowest BCUT2D eigenvalue weighted by Crippen LogP contribution is -2.28. The molecule has 1 rings (SSSR count). The number of benzene rings is 1. The van der Waals surface area contributed by atoms with Gasteiger partial charge in [0.2, 0.25) is 10.0 Å². The quantitative estimate of drug-likeness (QED) is 0.696. The minimum Gasteiger partial charge on any atom is -0.508 e. The molecule has 6 heteroatoms. The molecule has 1 aromatic carbocycles. The van der Waals surface area contributed by atoms with E-state index in [4.69, 9.17) is 5.14 Å². The molecule has 0 radical (unpaired) electrons. The second kappa shape index (κ2) is 5.29. The van der Waals surface area contributed by atoms with E-state index < -0.39 is 10.0 Å². The van der Waals surface area contributed by atoms with Crippen LogP contribution in [0.15, 0.2) is 24.3 Å². The van der Waals surface area contributed by atoms with Gasteiger partial charge in [0.1, 0.15) is 5.75 Å². The maximum Gasteiger partial charge on any atom is 0.210 e. The number of hydrogen-bond acceptors (Lipinski definition) is 4. The number of nitrogens with two attached hydrogens (primary N) is 1. The van der Waals surface area contributed by atoms with E-state index in [-0.39, 0.29) is 24.1 Å². The fourth-order valence-electron chi connectivity index (χ4n) is 1.33. The van der Waals surface area contributed by atoms with Crippen molar-refractivity contribution >= 4 is 10.0 Å². The molecular formula is C10H16N2O3S. The third-order valence-electron chi connectivity index (χ3n) is 2.21. The van der Waals surface area contributed by atoms with E-state index in [9.17, 15) is 13.5 Å². The minimum atomic E-state index is -3.42. The van der Waals surface area contributed by atoms with Crippen LogP contribution in [0.25, 0.3) is 0 Å². The highest BCUT2D eigenvalue weighted by Crippen LogP contribution is 2.17.